The summed E-state index contributed by atoms with van der Waals surface area (Å²) in [4.78, 5) is 2.55. The maximum absolute atomic E-state index is 12.3. The summed E-state index contributed by atoms with van der Waals surface area (Å²) in [5.41, 5.74) is 2.64. The summed E-state index contributed by atoms with van der Waals surface area (Å²) in [7, 11) is -1.42. The van der Waals surface area contributed by atoms with E-state index in [0.29, 0.717) is 12.5 Å². The Bertz CT molecular complexity index is 720. The molecule has 0 amide bonds. The minimum absolute atomic E-state index is 0.130. The fraction of sp³-hybridized carbons (Fsp3) is 0.667. The number of piperidine rings is 2. The largest absolute Gasteiger partial charge is 0.496 e. The third kappa shape index (κ3) is 2.65. The van der Waals surface area contributed by atoms with Crippen LogP contribution in [0, 0.1) is 5.92 Å². The molecular weight excluding hydrogens is 324 g/mol. The number of rotatable bonds is 2. The van der Waals surface area contributed by atoms with Crippen molar-refractivity contribution in [1.82, 2.24) is 9.21 Å². The highest BCUT2D eigenvalue weighted by molar-refractivity contribution is 7.88. The lowest BCUT2D eigenvalue weighted by Gasteiger charge is -2.51. The third-order valence-corrected chi connectivity index (χ3v) is 7.35. The topological polar surface area (TPSA) is 49.9 Å². The SMILES string of the molecule is COc1cccc2c1C1CC3C(CCCN3S(C)(=O)=O)CN1CC2. The van der Waals surface area contributed by atoms with Gasteiger partial charge in [-0.05, 0) is 43.2 Å². The fourth-order valence-corrected chi connectivity index (χ4v) is 6.23. The number of fused-ring (bicyclic) bond motifs is 4. The van der Waals surface area contributed by atoms with Gasteiger partial charge in [-0.3, -0.25) is 4.90 Å². The average molecular weight is 350 g/mol. The normalized spacial score (nSPS) is 31.0. The van der Waals surface area contributed by atoms with Gasteiger partial charge in [0.1, 0.15) is 5.75 Å². The molecular formula is C18H26N2O3S. The van der Waals surface area contributed by atoms with Crippen LogP contribution in [0.25, 0.3) is 0 Å². The predicted octanol–water partition coefficient (Wildman–Crippen LogP) is 2.04. The Morgan fingerprint density at radius 3 is 2.83 bits per heavy atom. The summed E-state index contributed by atoms with van der Waals surface area (Å²) < 4.78 is 31.9. The Labute approximate surface area is 144 Å². The van der Waals surface area contributed by atoms with Crippen molar-refractivity contribution in [2.75, 3.05) is 33.0 Å². The van der Waals surface area contributed by atoms with Crippen molar-refractivity contribution >= 4 is 10.0 Å². The molecule has 0 aromatic heterocycles. The summed E-state index contributed by atoms with van der Waals surface area (Å²) >= 11 is 0. The standard InChI is InChI=1S/C18H26N2O3S/c1-23-17-7-3-5-13-8-10-19-12-14-6-4-9-20(24(2,21)22)15(14)11-16(19)18(13)17/h3,5,7,14-16H,4,6,8-12H2,1-2H3. The van der Waals surface area contributed by atoms with E-state index >= 15 is 0 Å². The second-order valence-corrected chi connectivity index (χ2v) is 9.31. The van der Waals surface area contributed by atoms with E-state index < -0.39 is 10.0 Å². The van der Waals surface area contributed by atoms with Gasteiger partial charge in [-0.15, -0.1) is 0 Å². The molecule has 6 heteroatoms. The molecule has 0 spiro atoms. The molecule has 4 rings (SSSR count). The van der Waals surface area contributed by atoms with Crippen LogP contribution >= 0.6 is 0 Å². The van der Waals surface area contributed by atoms with Gasteiger partial charge in [0.2, 0.25) is 10.0 Å². The Kier molecular flexibility index (Phi) is 4.09. The third-order valence-electron chi connectivity index (χ3n) is 6.05. The van der Waals surface area contributed by atoms with Gasteiger partial charge in [-0.2, -0.15) is 4.31 Å². The first-order valence-corrected chi connectivity index (χ1v) is 10.7. The van der Waals surface area contributed by atoms with E-state index in [9.17, 15) is 8.42 Å². The molecule has 0 saturated carbocycles. The lowest BCUT2D eigenvalue weighted by Crippen LogP contribution is -2.57. The Morgan fingerprint density at radius 2 is 2.08 bits per heavy atom. The zero-order chi connectivity index (χ0) is 16.9. The minimum Gasteiger partial charge on any atom is -0.496 e. The molecule has 5 nitrogen and oxygen atoms in total. The molecule has 3 heterocycles. The van der Waals surface area contributed by atoms with Gasteiger partial charge in [-0.25, -0.2) is 8.42 Å². The number of hydrogen-bond donors (Lipinski definition) is 0. The highest BCUT2D eigenvalue weighted by Crippen LogP contribution is 2.46. The van der Waals surface area contributed by atoms with Crippen LogP contribution in [0.2, 0.25) is 0 Å². The van der Waals surface area contributed by atoms with Crippen LogP contribution in [0.4, 0.5) is 0 Å². The van der Waals surface area contributed by atoms with E-state index in [1.54, 1.807) is 11.4 Å². The number of ether oxygens (including phenoxy) is 1. The summed E-state index contributed by atoms with van der Waals surface area (Å²) in [5.74, 6) is 1.41. The number of benzene rings is 1. The first-order chi connectivity index (χ1) is 11.5. The Hall–Kier alpha value is -1.11. The smallest absolute Gasteiger partial charge is 0.211 e. The van der Waals surface area contributed by atoms with E-state index in [2.05, 4.69) is 17.0 Å². The van der Waals surface area contributed by atoms with Crippen LogP contribution in [0.15, 0.2) is 18.2 Å². The molecule has 2 saturated heterocycles. The Balaban J connectivity index is 1.71. The molecule has 1 aromatic carbocycles. The maximum Gasteiger partial charge on any atom is 0.211 e. The molecule has 0 aliphatic carbocycles. The first kappa shape index (κ1) is 16.4. The zero-order valence-electron chi connectivity index (χ0n) is 14.4. The van der Waals surface area contributed by atoms with Gasteiger partial charge in [-0.1, -0.05) is 12.1 Å². The molecule has 2 fully saturated rings. The quantitative estimate of drug-likeness (QED) is 0.819. The second kappa shape index (κ2) is 6.00. The highest BCUT2D eigenvalue weighted by Gasteiger charge is 2.45. The number of methoxy groups -OCH3 is 1. The van der Waals surface area contributed by atoms with Crippen LogP contribution in [0.3, 0.4) is 0 Å². The number of sulfonamides is 1. The lowest BCUT2D eigenvalue weighted by molar-refractivity contribution is 0.0213. The van der Waals surface area contributed by atoms with E-state index in [4.69, 9.17) is 4.74 Å². The second-order valence-electron chi connectivity index (χ2n) is 7.37. The molecule has 132 valence electrons. The van der Waals surface area contributed by atoms with Gasteiger partial charge in [0.25, 0.3) is 0 Å². The molecule has 3 aliphatic heterocycles. The van der Waals surface area contributed by atoms with Gasteiger partial charge >= 0.3 is 0 Å². The summed E-state index contributed by atoms with van der Waals surface area (Å²) in [6.45, 7) is 2.73. The van der Waals surface area contributed by atoms with Crippen molar-refractivity contribution in [2.45, 2.75) is 37.8 Å². The monoisotopic (exact) mass is 350 g/mol. The highest BCUT2D eigenvalue weighted by atomic mass is 32.2. The minimum atomic E-state index is -3.14. The molecule has 3 aliphatic rings. The molecule has 24 heavy (non-hydrogen) atoms. The van der Waals surface area contributed by atoms with E-state index in [1.165, 1.54) is 17.4 Å². The van der Waals surface area contributed by atoms with Crippen LogP contribution in [-0.4, -0.2) is 56.7 Å². The van der Waals surface area contributed by atoms with Crippen LogP contribution in [-0.2, 0) is 16.4 Å². The van der Waals surface area contributed by atoms with Crippen LogP contribution < -0.4 is 4.74 Å². The van der Waals surface area contributed by atoms with Gasteiger partial charge in [0, 0.05) is 37.3 Å². The van der Waals surface area contributed by atoms with Crippen molar-refractivity contribution < 1.29 is 13.2 Å². The summed E-state index contributed by atoms with van der Waals surface area (Å²) in [6, 6.07) is 6.68. The number of hydrogen-bond acceptors (Lipinski definition) is 4. The number of nitrogens with zero attached hydrogens (tertiary/aromatic N) is 2. The molecule has 3 atom stereocenters. The fourth-order valence-electron chi connectivity index (χ4n) is 5.02. The van der Waals surface area contributed by atoms with Gasteiger partial charge in [0.15, 0.2) is 0 Å². The van der Waals surface area contributed by atoms with Crippen molar-refractivity contribution in [3.63, 3.8) is 0 Å². The summed E-state index contributed by atoms with van der Waals surface area (Å²) in [5, 5.41) is 0. The van der Waals surface area contributed by atoms with Crippen LogP contribution in [0.5, 0.6) is 5.75 Å². The van der Waals surface area contributed by atoms with Crippen molar-refractivity contribution in [3.05, 3.63) is 29.3 Å². The van der Waals surface area contributed by atoms with Crippen molar-refractivity contribution in [2.24, 2.45) is 5.92 Å². The van der Waals surface area contributed by atoms with Gasteiger partial charge in [0.05, 0.1) is 13.4 Å². The molecule has 0 radical (unpaired) electrons. The molecule has 0 bridgehead atoms. The van der Waals surface area contributed by atoms with Crippen LogP contribution in [0.1, 0.15) is 36.4 Å². The van der Waals surface area contributed by atoms with E-state index in [-0.39, 0.29) is 12.1 Å². The summed E-state index contributed by atoms with van der Waals surface area (Å²) in [6.07, 6.45) is 5.41. The first-order valence-electron chi connectivity index (χ1n) is 8.85. The predicted molar refractivity (Wildman–Crippen MR) is 93.7 cm³/mol. The maximum atomic E-state index is 12.3. The molecule has 3 unspecified atom stereocenters. The average Bonchev–Trinajstić information content (AvgIpc) is 2.57. The van der Waals surface area contributed by atoms with Crippen molar-refractivity contribution in [3.8, 4) is 5.75 Å². The van der Waals surface area contributed by atoms with E-state index in [0.717, 1.165) is 44.5 Å². The lowest BCUT2D eigenvalue weighted by atomic mass is 9.77. The van der Waals surface area contributed by atoms with E-state index in [1.807, 2.05) is 6.07 Å². The zero-order valence-corrected chi connectivity index (χ0v) is 15.3. The molecule has 1 aromatic rings. The van der Waals surface area contributed by atoms with Gasteiger partial charge < -0.3 is 4.74 Å². The molecule has 0 N–H and O–H groups in total. The Morgan fingerprint density at radius 1 is 1.25 bits per heavy atom. The van der Waals surface area contributed by atoms with Crippen molar-refractivity contribution in [1.29, 1.82) is 0 Å².